The largest absolute Gasteiger partial charge is 0.534 e. The molecule has 5 nitrogen and oxygen atoms in total. The normalized spacial score (nSPS) is 12.7. The van der Waals surface area contributed by atoms with E-state index >= 15 is 0 Å². The lowest BCUT2D eigenvalue weighted by Crippen LogP contribution is -2.28. The Morgan fingerprint density at radius 1 is 1.30 bits per heavy atom. The van der Waals surface area contributed by atoms with Crippen LogP contribution in [0.2, 0.25) is 5.02 Å². The van der Waals surface area contributed by atoms with Gasteiger partial charge in [0.15, 0.2) is 0 Å². The SMILES string of the molecule is O=S(=O)(Oc1ccc2ncc(Cl)c(Br)c2n1)C(F)(F)F. The molecule has 20 heavy (non-hydrogen) atoms. The van der Waals surface area contributed by atoms with E-state index in [-0.39, 0.29) is 15.0 Å². The summed E-state index contributed by atoms with van der Waals surface area (Å²) in [7, 11) is -5.77. The Balaban J connectivity index is 2.51. The maximum Gasteiger partial charge on any atom is 0.534 e. The molecule has 2 heterocycles. The van der Waals surface area contributed by atoms with Crippen LogP contribution in [0, 0.1) is 0 Å². The van der Waals surface area contributed by atoms with Gasteiger partial charge in [0.1, 0.15) is 5.52 Å². The zero-order valence-corrected chi connectivity index (χ0v) is 12.3. The van der Waals surface area contributed by atoms with E-state index in [0.29, 0.717) is 5.52 Å². The van der Waals surface area contributed by atoms with E-state index < -0.39 is 21.5 Å². The standard InChI is InChI=1S/C9H3BrClF3N2O3S/c10-7-4(11)3-15-5-1-2-6(16-8(5)7)19-20(17,18)9(12,13)14/h1-3H. The average Bonchev–Trinajstić information content (AvgIpc) is 2.32. The van der Waals surface area contributed by atoms with E-state index in [4.69, 9.17) is 11.6 Å². The second-order valence-electron chi connectivity index (χ2n) is 3.42. The highest BCUT2D eigenvalue weighted by Crippen LogP contribution is 2.31. The van der Waals surface area contributed by atoms with E-state index in [1.165, 1.54) is 12.3 Å². The summed E-state index contributed by atoms with van der Waals surface area (Å²) in [5.41, 5.74) is -5.15. The van der Waals surface area contributed by atoms with Crippen molar-refractivity contribution < 1.29 is 25.8 Å². The van der Waals surface area contributed by atoms with Gasteiger partial charge in [0.2, 0.25) is 5.88 Å². The molecule has 0 N–H and O–H groups in total. The predicted molar refractivity (Wildman–Crippen MR) is 67.9 cm³/mol. The lowest BCUT2D eigenvalue weighted by molar-refractivity contribution is -0.0501. The Morgan fingerprint density at radius 3 is 2.55 bits per heavy atom. The van der Waals surface area contributed by atoms with Crippen molar-refractivity contribution in [2.24, 2.45) is 0 Å². The fourth-order valence-corrected chi connectivity index (χ4v) is 2.15. The summed E-state index contributed by atoms with van der Waals surface area (Å²) >= 11 is 8.83. The first-order valence-electron chi connectivity index (χ1n) is 4.73. The van der Waals surface area contributed by atoms with E-state index in [2.05, 4.69) is 30.1 Å². The van der Waals surface area contributed by atoms with Crippen LogP contribution in [0.15, 0.2) is 22.8 Å². The molecule has 108 valence electrons. The minimum Gasteiger partial charge on any atom is -0.355 e. The van der Waals surface area contributed by atoms with Crippen molar-refractivity contribution in [2.45, 2.75) is 5.51 Å². The van der Waals surface area contributed by atoms with Crippen molar-refractivity contribution in [3.8, 4) is 5.88 Å². The number of halogens is 5. The molecule has 0 aliphatic heterocycles. The summed E-state index contributed by atoms with van der Waals surface area (Å²) in [4.78, 5) is 7.52. The Kier molecular flexibility index (Phi) is 3.82. The topological polar surface area (TPSA) is 69.2 Å². The molecule has 2 rings (SSSR count). The maximum atomic E-state index is 12.2. The Bertz CT molecular complexity index is 782. The number of hydrogen-bond acceptors (Lipinski definition) is 5. The van der Waals surface area contributed by atoms with E-state index in [9.17, 15) is 21.6 Å². The van der Waals surface area contributed by atoms with Crippen molar-refractivity contribution >= 4 is 48.7 Å². The van der Waals surface area contributed by atoms with E-state index in [0.717, 1.165) is 6.07 Å². The molecule has 0 saturated carbocycles. The molecule has 0 aromatic carbocycles. The smallest absolute Gasteiger partial charge is 0.355 e. The second kappa shape index (κ2) is 5.01. The fraction of sp³-hybridized carbons (Fsp3) is 0.111. The van der Waals surface area contributed by atoms with Crippen LogP contribution in [0.4, 0.5) is 13.2 Å². The minimum atomic E-state index is -5.77. The van der Waals surface area contributed by atoms with Crippen molar-refractivity contribution in [3.05, 3.63) is 27.8 Å². The van der Waals surface area contributed by atoms with Gasteiger partial charge in [-0.15, -0.1) is 0 Å². The van der Waals surface area contributed by atoms with Crippen LogP contribution in [0.1, 0.15) is 0 Å². The third kappa shape index (κ3) is 2.81. The van der Waals surface area contributed by atoms with Gasteiger partial charge in [-0.05, 0) is 22.0 Å². The maximum absolute atomic E-state index is 12.2. The molecule has 0 fully saturated rings. The van der Waals surface area contributed by atoms with Gasteiger partial charge in [-0.25, -0.2) is 4.98 Å². The molecule has 0 saturated heterocycles. The molecule has 0 atom stereocenters. The molecule has 11 heteroatoms. The summed E-state index contributed by atoms with van der Waals surface area (Å²) in [6.45, 7) is 0. The minimum absolute atomic E-state index is 0.0763. The highest BCUT2D eigenvalue weighted by atomic mass is 79.9. The Labute approximate surface area is 124 Å². The summed E-state index contributed by atoms with van der Waals surface area (Å²) in [5, 5.41) is 0.167. The van der Waals surface area contributed by atoms with Crippen molar-refractivity contribution in [3.63, 3.8) is 0 Å². The number of alkyl halides is 3. The van der Waals surface area contributed by atoms with Crippen LogP contribution in [0.25, 0.3) is 11.0 Å². The number of nitrogens with zero attached hydrogens (tertiary/aromatic N) is 2. The molecule has 0 radical (unpaired) electrons. The highest BCUT2D eigenvalue weighted by Gasteiger charge is 2.48. The van der Waals surface area contributed by atoms with Crippen LogP contribution in [-0.4, -0.2) is 23.9 Å². The zero-order valence-electron chi connectivity index (χ0n) is 9.15. The summed E-state index contributed by atoms with van der Waals surface area (Å²) in [6.07, 6.45) is 1.31. The molecule has 2 aromatic rings. The van der Waals surface area contributed by atoms with Crippen LogP contribution in [-0.2, 0) is 10.1 Å². The van der Waals surface area contributed by atoms with Gasteiger partial charge in [-0.1, -0.05) is 11.6 Å². The predicted octanol–water partition coefficient (Wildman–Crippen LogP) is 3.27. The van der Waals surface area contributed by atoms with Gasteiger partial charge < -0.3 is 4.18 Å². The lowest BCUT2D eigenvalue weighted by Gasteiger charge is -2.09. The first kappa shape index (κ1) is 15.3. The number of hydrogen-bond donors (Lipinski definition) is 0. The van der Waals surface area contributed by atoms with Gasteiger partial charge in [0.25, 0.3) is 0 Å². The molecule has 2 aromatic heterocycles. The van der Waals surface area contributed by atoms with Gasteiger partial charge >= 0.3 is 15.6 Å². The van der Waals surface area contributed by atoms with Crippen LogP contribution in [0.3, 0.4) is 0 Å². The third-order valence-corrected chi connectivity index (χ3v) is 4.34. The van der Waals surface area contributed by atoms with Crippen molar-refractivity contribution in [1.29, 1.82) is 0 Å². The second-order valence-corrected chi connectivity index (χ2v) is 6.16. The lowest BCUT2D eigenvalue weighted by atomic mass is 10.3. The number of aromatic nitrogens is 2. The third-order valence-electron chi connectivity index (χ3n) is 2.06. The molecule has 0 bridgehead atoms. The van der Waals surface area contributed by atoms with Crippen molar-refractivity contribution in [2.75, 3.05) is 0 Å². The highest BCUT2D eigenvalue weighted by molar-refractivity contribution is 9.10. The first-order valence-corrected chi connectivity index (χ1v) is 7.31. The number of rotatable bonds is 2. The summed E-state index contributed by atoms with van der Waals surface area (Å²) in [5.74, 6) is -0.736. The Morgan fingerprint density at radius 2 is 1.95 bits per heavy atom. The average molecular weight is 392 g/mol. The molecule has 0 unspecified atom stereocenters. The van der Waals surface area contributed by atoms with Gasteiger partial charge in [-0.2, -0.15) is 21.6 Å². The van der Waals surface area contributed by atoms with Gasteiger partial charge in [0.05, 0.1) is 15.0 Å². The van der Waals surface area contributed by atoms with Crippen LogP contribution >= 0.6 is 27.5 Å². The number of pyridine rings is 2. The fourth-order valence-electron chi connectivity index (χ4n) is 1.20. The molecular formula is C9H3BrClF3N2O3S. The van der Waals surface area contributed by atoms with Gasteiger partial charge in [-0.3, -0.25) is 4.98 Å². The summed E-state index contributed by atoms with van der Waals surface area (Å²) < 4.78 is 62.5. The number of fused-ring (bicyclic) bond motifs is 1. The van der Waals surface area contributed by atoms with Crippen LogP contribution < -0.4 is 4.18 Å². The first-order chi connectivity index (χ1) is 9.12. The van der Waals surface area contributed by atoms with E-state index in [1.807, 2.05) is 0 Å². The Hall–Kier alpha value is -1.13. The van der Waals surface area contributed by atoms with Crippen molar-refractivity contribution in [1.82, 2.24) is 9.97 Å². The molecule has 0 amide bonds. The quantitative estimate of drug-likeness (QED) is 0.580. The zero-order chi connectivity index (χ0) is 15.1. The molecule has 0 aliphatic rings. The van der Waals surface area contributed by atoms with Gasteiger partial charge in [0, 0.05) is 12.3 Å². The van der Waals surface area contributed by atoms with E-state index in [1.54, 1.807) is 0 Å². The summed E-state index contributed by atoms with van der Waals surface area (Å²) in [6, 6.07) is 2.21. The monoisotopic (exact) mass is 390 g/mol. The molecule has 0 spiro atoms. The van der Waals surface area contributed by atoms with Crippen LogP contribution in [0.5, 0.6) is 5.88 Å². The molecule has 0 aliphatic carbocycles. The molecular weight excluding hydrogens is 389 g/mol.